The zero-order valence-corrected chi connectivity index (χ0v) is 8.01. The summed E-state index contributed by atoms with van der Waals surface area (Å²) in [7, 11) is 1.98. The van der Waals surface area contributed by atoms with Gasteiger partial charge in [0, 0.05) is 19.3 Å². The molecule has 2 aromatic rings. The van der Waals surface area contributed by atoms with Gasteiger partial charge in [-0.3, -0.25) is 5.10 Å². The molecule has 0 radical (unpaired) electrons. The largest absolute Gasteiger partial charge is 0.382 e. The van der Waals surface area contributed by atoms with Gasteiger partial charge in [0.15, 0.2) is 0 Å². The molecule has 70 valence electrons. The van der Waals surface area contributed by atoms with Gasteiger partial charge in [-0.05, 0) is 12.1 Å². The van der Waals surface area contributed by atoms with E-state index in [2.05, 4.69) is 10.2 Å². The Bertz CT molecular complexity index is 390. The summed E-state index contributed by atoms with van der Waals surface area (Å²) in [5.41, 5.74) is 7.51. The summed E-state index contributed by atoms with van der Waals surface area (Å²) >= 11 is 0. The zero-order chi connectivity index (χ0) is 8.55. The summed E-state index contributed by atoms with van der Waals surface area (Å²) in [5.74, 6) is 0.520. The van der Waals surface area contributed by atoms with Crippen LogP contribution in [0.2, 0.25) is 0 Å². The molecule has 2 rings (SSSR count). The van der Waals surface area contributed by atoms with E-state index in [1.165, 1.54) is 0 Å². The minimum absolute atomic E-state index is 0. The van der Waals surface area contributed by atoms with Gasteiger partial charge >= 0.3 is 0 Å². The molecule has 0 aromatic carbocycles. The summed E-state index contributed by atoms with van der Waals surface area (Å²) < 4.78 is 2.01. The normalized spacial score (nSPS) is 9.62. The van der Waals surface area contributed by atoms with Gasteiger partial charge in [0.05, 0.1) is 11.4 Å². The first kappa shape index (κ1) is 9.67. The Labute approximate surface area is 82.2 Å². The molecule has 0 unspecified atom stereocenters. The first-order chi connectivity index (χ1) is 5.77. The molecule has 0 aliphatic carbocycles. The summed E-state index contributed by atoms with van der Waals surface area (Å²) in [6, 6.07) is 5.80. The lowest BCUT2D eigenvalue weighted by molar-refractivity contribution is 0.927. The molecule has 0 bridgehead atoms. The SMILES string of the molecule is Cl.Cn1cccc1-c1cc(N)n[nH]1. The van der Waals surface area contributed by atoms with Crippen molar-refractivity contribution in [2.45, 2.75) is 0 Å². The molecule has 0 spiro atoms. The van der Waals surface area contributed by atoms with E-state index in [0.717, 1.165) is 11.4 Å². The fourth-order valence-corrected chi connectivity index (χ4v) is 1.21. The van der Waals surface area contributed by atoms with Crippen LogP contribution in [0.25, 0.3) is 11.4 Å². The summed E-state index contributed by atoms with van der Waals surface area (Å²) in [4.78, 5) is 0. The number of hydrogen-bond donors (Lipinski definition) is 2. The van der Waals surface area contributed by atoms with E-state index < -0.39 is 0 Å². The van der Waals surface area contributed by atoms with Gasteiger partial charge in [0.2, 0.25) is 0 Å². The van der Waals surface area contributed by atoms with Crippen LogP contribution in [0.5, 0.6) is 0 Å². The van der Waals surface area contributed by atoms with Crippen molar-refractivity contribution >= 4 is 18.2 Å². The highest BCUT2D eigenvalue weighted by Crippen LogP contribution is 2.17. The highest BCUT2D eigenvalue weighted by atomic mass is 35.5. The van der Waals surface area contributed by atoms with Crippen molar-refractivity contribution in [1.82, 2.24) is 14.8 Å². The molecule has 0 aliphatic heterocycles. The molecule has 0 amide bonds. The van der Waals surface area contributed by atoms with Gasteiger partial charge in [-0.15, -0.1) is 12.4 Å². The highest BCUT2D eigenvalue weighted by Gasteiger charge is 2.02. The third-order valence-electron chi connectivity index (χ3n) is 1.82. The molecule has 0 saturated heterocycles. The number of aromatic nitrogens is 3. The van der Waals surface area contributed by atoms with Gasteiger partial charge in [0.1, 0.15) is 5.82 Å². The number of aromatic amines is 1. The first-order valence-electron chi connectivity index (χ1n) is 3.70. The molecule has 4 nitrogen and oxygen atoms in total. The van der Waals surface area contributed by atoms with Crippen molar-refractivity contribution in [2.75, 3.05) is 5.73 Å². The quantitative estimate of drug-likeness (QED) is 0.728. The molecule has 3 N–H and O–H groups in total. The molecule has 13 heavy (non-hydrogen) atoms. The zero-order valence-electron chi connectivity index (χ0n) is 7.19. The second-order valence-corrected chi connectivity index (χ2v) is 2.71. The fraction of sp³-hybridized carbons (Fsp3) is 0.125. The summed E-state index contributed by atoms with van der Waals surface area (Å²) in [6.07, 6.45) is 1.98. The lowest BCUT2D eigenvalue weighted by Gasteiger charge is -1.97. The second kappa shape index (κ2) is 3.53. The van der Waals surface area contributed by atoms with Crippen LogP contribution in [-0.4, -0.2) is 14.8 Å². The van der Waals surface area contributed by atoms with E-state index in [0.29, 0.717) is 5.82 Å². The third-order valence-corrected chi connectivity index (χ3v) is 1.82. The average Bonchev–Trinajstić information content (AvgIpc) is 2.58. The van der Waals surface area contributed by atoms with Crippen molar-refractivity contribution in [1.29, 1.82) is 0 Å². The van der Waals surface area contributed by atoms with Crippen molar-refractivity contribution < 1.29 is 0 Å². The number of hydrogen-bond acceptors (Lipinski definition) is 2. The van der Waals surface area contributed by atoms with E-state index in [-0.39, 0.29) is 12.4 Å². The number of nitrogen functional groups attached to an aromatic ring is 1. The Balaban J connectivity index is 0.000000845. The van der Waals surface area contributed by atoms with Crippen LogP contribution in [0.1, 0.15) is 0 Å². The van der Waals surface area contributed by atoms with E-state index in [9.17, 15) is 0 Å². The Hall–Kier alpha value is -1.42. The van der Waals surface area contributed by atoms with Crippen LogP contribution in [0.3, 0.4) is 0 Å². The van der Waals surface area contributed by atoms with Crippen molar-refractivity contribution in [3.05, 3.63) is 24.4 Å². The van der Waals surface area contributed by atoms with E-state index in [1.807, 2.05) is 36.0 Å². The second-order valence-electron chi connectivity index (χ2n) is 2.71. The van der Waals surface area contributed by atoms with Gasteiger partial charge < -0.3 is 10.3 Å². The molecule has 5 heteroatoms. The predicted octanol–water partition coefficient (Wildman–Crippen LogP) is 1.42. The van der Waals surface area contributed by atoms with Gasteiger partial charge in [-0.2, -0.15) is 5.10 Å². The van der Waals surface area contributed by atoms with Gasteiger partial charge in [0.25, 0.3) is 0 Å². The topological polar surface area (TPSA) is 59.6 Å². The molecule has 0 atom stereocenters. The van der Waals surface area contributed by atoms with Crippen molar-refractivity contribution in [3.8, 4) is 11.4 Å². The van der Waals surface area contributed by atoms with Gasteiger partial charge in [-0.25, -0.2) is 0 Å². The highest BCUT2D eigenvalue weighted by molar-refractivity contribution is 5.85. The number of H-pyrrole nitrogens is 1. The maximum absolute atomic E-state index is 5.48. The van der Waals surface area contributed by atoms with Crippen molar-refractivity contribution in [2.24, 2.45) is 7.05 Å². The number of nitrogens with zero attached hydrogens (tertiary/aromatic N) is 2. The number of nitrogens with two attached hydrogens (primary N) is 1. The van der Waals surface area contributed by atoms with E-state index in [4.69, 9.17) is 5.73 Å². The maximum Gasteiger partial charge on any atom is 0.145 e. The van der Waals surface area contributed by atoms with Crippen molar-refractivity contribution in [3.63, 3.8) is 0 Å². The molecular weight excluding hydrogens is 188 g/mol. The predicted molar refractivity (Wildman–Crippen MR) is 54.7 cm³/mol. The first-order valence-corrected chi connectivity index (χ1v) is 3.70. The number of anilines is 1. The number of halogens is 1. The van der Waals surface area contributed by atoms with E-state index >= 15 is 0 Å². The Morgan fingerprint density at radius 2 is 2.31 bits per heavy atom. The van der Waals surface area contributed by atoms with Crippen LogP contribution >= 0.6 is 12.4 Å². The van der Waals surface area contributed by atoms with Gasteiger partial charge in [-0.1, -0.05) is 0 Å². The Morgan fingerprint density at radius 3 is 2.77 bits per heavy atom. The fourth-order valence-electron chi connectivity index (χ4n) is 1.21. The molecule has 0 saturated carbocycles. The smallest absolute Gasteiger partial charge is 0.145 e. The van der Waals surface area contributed by atoms with Crippen LogP contribution in [0.15, 0.2) is 24.4 Å². The molecule has 2 aromatic heterocycles. The molecular formula is C8H11ClN4. The minimum atomic E-state index is 0. The third kappa shape index (κ3) is 1.67. The molecule has 2 heterocycles. The molecule has 0 fully saturated rings. The standard InChI is InChI=1S/C8H10N4.ClH/c1-12-4-2-3-7(12)6-5-8(9)11-10-6;/h2-5H,1H3,(H3,9,10,11);1H. The monoisotopic (exact) mass is 198 g/mol. The average molecular weight is 199 g/mol. The van der Waals surface area contributed by atoms with E-state index in [1.54, 1.807) is 0 Å². The Morgan fingerprint density at radius 1 is 1.54 bits per heavy atom. The maximum atomic E-state index is 5.48. The summed E-state index contributed by atoms with van der Waals surface area (Å²) in [6.45, 7) is 0. The van der Waals surface area contributed by atoms with Crippen LogP contribution < -0.4 is 5.73 Å². The number of aryl methyl sites for hydroxylation is 1. The van der Waals surface area contributed by atoms with Crippen LogP contribution in [-0.2, 0) is 7.05 Å². The van der Waals surface area contributed by atoms with Crippen LogP contribution in [0, 0.1) is 0 Å². The minimum Gasteiger partial charge on any atom is -0.382 e. The number of nitrogens with one attached hydrogen (secondary N) is 1. The number of rotatable bonds is 1. The lowest BCUT2D eigenvalue weighted by Crippen LogP contribution is -1.88. The summed E-state index contributed by atoms with van der Waals surface area (Å²) in [5, 5.41) is 6.71. The van der Waals surface area contributed by atoms with Crippen LogP contribution in [0.4, 0.5) is 5.82 Å². The Kier molecular flexibility index (Phi) is 2.63. The lowest BCUT2D eigenvalue weighted by atomic mass is 10.3. The molecule has 0 aliphatic rings.